The van der Waals surface area contributed by atoms with E-state index in [0.717, 1.165) is 28.3 Å². The quantitative estimate of drug-likeness (QED) is 0.699. The highest BCUT2D eigenvalue weighted by atomic mass is 16.1. The fourth-order valence-electron chi connectivity index (χ4n) is 3.06. The number of rotatable bonds is 7. The minimum Gasteiger partial charge on any atom is -0.326 e. The number of nitriles is 1. The van der Waals surface area contributed by atoms with E-state index < -0.39 is 0 Å². The van der Waals surface area contributed by atoms with Crippen molar-refractivity contribution in [2.75, 3.05) is 5.32 Å². The van der Waals surface area contributed by atoms with E-state index in [1.54, 1.807) is 12.5 Å². The Hall–Kier alpha value is -3.40. The molecule has 0 aliphatic heterocycles. The van der Waals surface area contributed by atoms with Crippen LogP contribution in [0.1, 0.15) is 29.8 Å². The van der Waals surface area contributed by atoms with Gasteiger partial charge < -0.3 is 9.88 Å². The third-order valence-corrected chi connectivity index (χ3v) is 4.52. The molecule has 0 aliphatic carbocycles. The second kappa shape index (κ2) is 8.32. The lowest BCUT2D eigenvalue weighted by Gasteiger charge is -2.08. The third kappa shape index (κ3) is 4.42. The van der Waals surface area contributed by atoms with Crippen LogP contribution >= 0.6 is 0 Å². The first kappa shape index (κ1) is 18.4. The number of anilines is 1. The molecule has 7 heteroatoms. The number of imidazole rings is 1. The molecule has 1 N–H and O–H groups in total. The maximum absolute atomic E-state index is 12.3. The Labute approximate surface area is 158 Å². The van der Waals surface area contributed by atoms with Gasteiger partial charge in [-0.25, -0.2) is 4.98 Å². The standard InChI is InChI=1S/C20H22N6O/c1-15-19(16(2)26(24-15)12-3-10-21)8-9-20(27)23-17-4-6-18(7-5-17)25-13-11-22-14-25/h4-7,11,13-14H,3,8-9,12H2,1-2H3,(H,23,27). The van der Waals surface area contributed by atoms with Crippen LogP contribution in [0.25, 0.3) is 5.69 Å². The molecular formula is C20H22N6O. The Kier molecular flexibility index (Phi) is 5.67. The van der Waals surface area contributed by atoms with E-state index in [0.29, 0.717) is 25.8 Å². The van der Waals surface area contributed by atoms with Crippen molar-refractivity contribution in [1.82, 2.24) is 19.3 Å². The molecule has 0 unspecified atom stereocenters. The summed E-state index contributed by atoms with van der Waals surface area (Å²) >= 11 is 0. The molecule has 0 bridgehead atoms. The number of hydrogen-bond acceptors (Lipinski definition) is 4. The van der Waals surface area contributed by atoms with E-state index in [4.69, 9.17) is 5.26 Å². The van der Waals surface area contributed by atoms with E-state index >= 15 is 0 Å². The van der Waals surface area contributed by atoms with Crippen molar-refractivity contribution in [3.63, 3.8) is 0 Å². The second-order valence-electron chi connectivity index (χ2n) is 6.35. The van der Waals surface area contributed by atoms with Gasteiger partial charge in [0.2, 0.25) is 5.91 Å². The number of carbonyl (C=O) groups is 1. The zero-order valence-corrected chi connectivity index (χ0v) is 15.5. The molecule has 1 aromatic carbocycles. The SMILES string of the molecule is Cc1nn(CCC#N)c(C)c1CCC(=O)Nc1ccc(-n2ccnc2)cc1. The average molecular weight is 362 g/mol. The highest BCUT2D eigenvalue weighted by molar-refractivity contribution is 5.90. The summed E-state index contributed by atoms with van der Waals surface area (Å²) in [7, 11) is 0. The van der Waals surface area contributed by atoms with Gasteiger partial charge in [-0.15, -0.1) is 0 Å². The first-order valence-electron chi connectivity index (χ1n) is 8.86. The summed E-state index contributed by atoms with van der Waals surface area (Å²) < 4.78 is 3.75. The first-order valence-corrected chi connectivity index (χ1v) is 8.86. The van der Waals surface area contributed by atoms with E-state index in [9.17, 15) is 4.79 Å². The number of amides is 1. The third-order valence-electron chi connectivity index (χ3n) is 4.52. The molecule has 27 heavy (non-hydrogen) atoms. The summed E-state index contributed by atoms with van der Waals surface area (Å²) in [5.74, 6) is -0.0334. The van der Waals surface area contributed by atoms with Crippen molar-refractivity contribution in [2.24, 2.45) is 0 Å². The van der Waals surface area contributed by atoms with E-state index in [1.165, 1.54) is 0 Å². The summed E-state index contributed by atoms with van der Waals surface area (Å²) in [6, 6.07) is 9.76. The van der Waals surface area contributed by atoms with Crippen molar-refractivity contribution in [2.45, 2.75) is 39.7 Å². The zero-order chi connectivity index (χ0) is 19.2. The van der Waals surface area contributed by atoms with Gasteiger partial charge in [-0.05, 0) is 50.1 Å². The molecule has 2 heterocycles. The van der Waals surface area contributed by atoms with Gasteiger partial charge in [0.25, 0.3) is 0 Å². The van der Waals surface area contributed by atoms with E-state index in [1.807, 2.05) is 53.6 Å². The Morgan fingerprint density at radius 3 is 2.70 bits per heavy atom. The molecule has 0 radical (unpaired) electrons. The number of nitrogens with zero attached hydrogens (tertiary/aromatic N) is 5. The predicted octanol–water partition coefficient (Wildman–Crippen LogP) is 3.17. The van der Waals surface area contributed by atoms with Crippen LogP contribution in [0.2, 0.25) is 0 Å². The van der Waals surface area contributed by atoms with Crippen LogP contribution in [-0.4, -0.2) is 25.2 Å². The average Bonchev–Trinajstić information content (AvgIpc) is 3.28. The van der Waals surface area contributed by atoms with Gasteiger partial charge in [-0.1, -0.05) is 0 Å². The Balaban J connectivity index is 1.57. The zero-order valence-electron chi connectivity index (χ0n) is 15.5. The molecule has 0 spiro atoms. The van der Waals surface area contributed by atoms with Crippen molar-refractivity contribution < 1.29 is 4.79 Å². The maximum atomic E-state index is 12.3. The monoisotopic (exact) mass is 362 g/mol. The summed E-state index contributed by atoms with van der Waals surface area (Å²) in [6.07, 6.45) is 6.77. The number of carbonyl (C=O) groups excluding carboxylic acids is 1. The molecule has 0 aliphatic rings. The largest absolute Gasteiger partial charge is 0.326 e. The highest BCUT2D eigenvalue weighted by Crippen LogP contribution is 2.17. The molecule has 0 saturated carbocycles. The van der Waals surface area contributed by atoms with Crippen LogP contribution in [0.5, 0.6) is 0 Å². The van der Waals surface area contributed by atoms with Gasteiger partial charge in [-0.3, -0.25) is 9.48 Å². The number of hydrogen-bond donors (Lipinski definition) is 1. The van der Waals surface area contributed by atoms with Gasteiger partial charge in [0.05, 0.1) is 31.1 Å². The topological polar surface area (TPSA) is 88.5 Å². The second-order valence-corrected chi connectivity index (χ2v) is 6.35. The highest BCUT2D eigenvalue weighted by Gasteiger charge is 2.13. The molecule has 2 aromatic heterocycles. The summed E-state index contributed by atoms with van der Waals surface area (Å²) in [4.78, 5) is 16.3. The van der Waals surface area contributed by atoms with Gasteiger partial charge >= 0.3 is 0 Å². The lowest BCUT2D eigenvalue weighted by molar-refractivity contribution is -0.116. The number of aryl methyl sites for hydroxylation is 2. The number of aromatic nitrogens is 4. The smallest absolute Gasteiger partial charge is 0.224 e. The van der Waals surface area contributed by atoms with Crippen LogP contribution in [0.15, 0.2) is 43.0 Å². The molecule has 1 amide bonds. The van der Waals surface area contributed by atoms with Crippen molar-refractivity contribution >= 4 is 11.6 Å². The normalized spacial score (nSPS) is 10.6. The van der Waals surface area contributed by atoms with Crippen molar-refractivity contribution in [1.29, 1.82) is 5.26 Å². The summed E-state index contributed by atoms with van der Waals surface area (Å²) in [5.41, 5.74) is 4.78. The van der Waals surface area contributed by atoms with Crippen LogP contribution in [0, 0.1) is 25.2 Å². The molecule has 0 atom stereocenters. The Bertz CT molecular complexity index is 948. The molecule has 3 aromatic rings. The summed E-state index contributed by atoms with van der Waals surface area (Å²) in [5, 5.41) is 16.1. The fraction of sp³-hybridized carbons (Fsp3) is 0.300. The van der Waals surface area contributed by atoms with Crippen LogP contribution in [0.4, 0.5) is 5.69 Å². The van der Waals surface area contributed by atoms with Gasteiger partial charge in [0.15, 0.2) is 0 Å². The maximum Gasteiger partial charge on any atom is 0.224 e. The Morgan fingerprint density at radius 2 is 2.04 bits per heavy atom. The molecule has 0 saturated heterocycles. The molecular weight excluding hydrogens is 340 g/mol. The van der Waals surface area contributed by atoms with Crippen LogP contribution < -0.4 is 5.32 Å². The van der Waals surface area contributed by atoms with Crippen molar-refractivity contribution in [3.05, 3.63) is 59.9 Å². The van der Waals surface area contributed by atoms with Crippen molar-refractivity contribution in [3.8, 4) is 11.8 Å². The minimum absolute atomic E-state index is 0.0334. The van der Waals surface area contributed by atoms with Gasteiger partial charge in [0.1, 0.15) is 0 Å². The van der Waals surface area contributed by atoms with Gasteiger partial charge in [-0.2, -0.15) is 10.4 Å². The first-order chi connectivity index (χ1) is 13.1. The molecule has 138 valence electrons. The van der Waals surface area contributed by atoms with Gasteiger partial charge in [0, 0.05) is 35.9 Å². The lowest BCUT2D eigenvalue weighted by atomic mass is 10.1. The molecule has 7 nitrogen and oxygen atoms in total. The fourth-order valence-corrected chi connectivity index (χ4v) is 3.06. The number of nitrogens with one attached hydrogen (secondary N) is 1. The minimum atomic E-state index is -0.0334. The van der Waals surface area contributed by atoms with Crippen LogP contribution in [0.3, 0.4) is 0 Å². The predicted molar refractivity (Wildman–Crippen MR) is 102 cm³/mol. The molecule has 0 fully saturated rings. The summed E-state index contributed by atoms with van der Waals surface area (Å²) in [6.45, 7) is 4.51. The lowest BCUT2D eigenvalue weighted by Crippen LogP contribution is -2.13. The van der Waals surface area contributed by atoms with E-state index in [2.05, 4.69) is 21.5 Å². The number of benzene rings is 1. The Morgan fingerprint density at radius 1 is 1.26 bits per heavy atom. The molecule has 3 rings (SSSR count). The van der Waals surface area contributed by atoms with E-state index in [-0.39, 0.29) is 5.91 Å². The van der Waals surface area contributed by atoms with Crippen LogP contribution in [-0.2, 0) is 17.8 Å².